The molecule has 0 aliphatic rings. The molecule has 0 amide bonds. The Morgan fingerprint density at radius 1 is 0.154 bits per heavy atom. The van der Waals surface area contributed by atoms with E-state index in [4.69, 9.17) is 0 Å². The van der Waals surface area contributed by atoms with Gasteiger partial charge in [0.05, 0.1) is 0 Å². The number of hydrogen-bond acceptors (Lipinski definition) is 0. The second-order valence-electron chi connectivity index (χ2n) is 17.4. The Balaban J connectivity index is 4.69. The van der Waals surface area contributed by atoms with Crippen LogP contribution in [0.15, 0.2) is 0 Å². The second-order valence-corrected chi connectivity index (χ2v) is 22.8. The first kappa shape index (κ1) is 52.9. The number of unbranched alkanes of at least 4 members (excludes halogenated alkanes) is 36. The van der Waals surface area contributed by atoms with Gasteiger partial charge in [-0.05, 0) is 62.7 Å². The van der Waals surface area contributed by atoms with E-state index in [1.165, 1.54) is 231 Å². The van der Waals surface area contributed by atoms with Crippen LogP contribution in [-0.2, 0) is 0 Å². The van der Waals surface area contributed by atoms with Crippen LogP contribution in [0.3, 0.4) is 0 Å². The molecule has 314 valence electrons. The van der Waals surface area contributed by atoms with Crippen LogP contribution in [0.25, 0.3) is 0 Å². The van der Waals surface area contributed by atoms with E-state index in [-0.39, 0.29) is 15.8 Å². The second kappa shape index (κ2) is 48.0. The first-order chi connectivity index (χ1) is 25.8. The van der Waals surface area contributed by atoms with Gasteiger partial charge in [0.25, 0.3) is 0 Å². The van der Waals surface area contributed by atoms with E-state index >= 15 is 0 Å². The van der Waals surface area contributed by atoms with Gasteiger partial charge in [0.2, 0.25) is 0 Å². The van der Waals surface area contributed by atoms with E-state index in [2.05, 4.69) is 27.7 Å². The summed E-state index contributed by atoms with van der Waals surface area (Å²) in [5.41, 5.74) is 0. The number of rotatable bonds is 47. The fraction of sp³-hybridized carbons (Fsp3) is 1.00. The Labute approximate surface area is 336 Å². The molecule has 0 aliphatic carbocycles. The van der Waals surface area contributed by atoms with Crippen LogP contribution in [0.5, 0.6) is 0 Å². The van der Waals surface area contributed by atoms with Crippen LogP contribution in [0, 0.1) is 0 Å². The van der Waals surface area contributed by atoms with Crippen molar-refractivity contribution in [2.75, 3.05) is 37.0 Å². The minimum absolute atomic E-state index is 0.287. The van der Waals surface area contributed by atoms with Crippen molar-refractivity contribution in [1.29, 1.82) is 0 Å². The average Bonchev–Trinajstić information content (AvgIpc) is 3.15. The quantitative estimate of drug-likeness (QED) is 0.0427. The molecule has 52 heavy (non-hydrogen) atoms. The highest BCUT2D eigenvalue weighted by molar-refractivity contribution is 7.61. The molecule has 2 heteroatoms. The van der Waals surface area contributed by atoms with Gasteiger partial charge in [0.1, 0.15) is 0 Å². The molecule has 0 nitrogen and oxygen atoms in total. The highest BCUT2D eigenvalue weighted by Gasteiger charge is 2.14. The first-order valence-electron chi connectivity index (χ1n) is 25.2. The Morgan fingerprint density at radius 2 is 0.288 bits per heavy atom. The molecule has 0 rings (SSSR count). The van der Waals surface area contributed by atoms with Crippen LogP contribution in [0.2, 0.25) is 0 Å². The van der Waals surface area contributed by atoms with Crippen molar-refractivity contribution >= 4 is 15.8 Å². The molecular weight excluding hydrogens is 662 g/mol. The molecule has 0 aromatic carbocycles. The van der Waals surface area contributed by atoms with Gasteiger partial charge in [-0.1, -0.05) is 259 Å². The third kappa shape index (κ3) is 43.6. The molecule has 0 saturated carbocycles. The summed E-state index contributed by atoms with van der Waals surface area (Å²) in [6.07, 6.45) is 69.2. The summed E-state index contributed by atoms with van der Waals surface area (Å²) in [5.74, 6) is 0. The molecule has 0 heterocycles. The normalized spacial score (nSPS) is 11.9. The van der Waals surface area contributed by atoms with Crippen LogP contribution in [0.4, 0.5) is 0 Å². The van der Waals surface area contributed by atoms with Gasteiger partial charge in [-0.25, -0.2) is 0 Å². The van der Waals surface area contributed by atoms with Crippen molar-refractivity contribution in [1.82, 2.24) is 0 Å². The van der Waals surface area contributed by atoms with E-state index < -0.39 is 0 Å². The van der Waals surface area contributed by atoms with Crippen molar-refractivity contribution in [2.24, 2.45) is 0 Å². The van der Waals surface area contributed by atoms with Crippen molar-refractivity contribution < 1.29 is 0 Å². The summed E-state index contributed by atoms with van der Waals surface area (Å²) in [6, 6.07) is 0. The molecular formula is C50H104P2. The van der Waals surface area contributed by atoms with Crippen molar-refractivity contribution in [3.05, 3.63) is 0 Å². The maximum Gasteiger partial charge on any atom is -0.0286 e. The largest absolute Gasteiger partial charge is 0.106 e. The van der Waals surface area contributed by atoms with Gasteiger partial charge >= 0.3 is 0 Å². The summed E-state index contributed by atoms with van der Waals surface area (Å²) in [4.78, 5) is 0. The topological polar surface area (TPSA) is 0 Å². The summed E-state index contributed by atoms with van der Waals surface area (Å²) in [7, 11) is 0.574. The van der Waals surface area contributed by atoms with Gasteiger partial charge < -0.3 is 0 Å². The summed E-state index contributed by atoms with van der Waals surface area (Å²) in [6.45, 7) is 9.35. The average molecular weight is 767 g/mol. The van der Waals surface area contributed by atoms with E-state index in [1.807, 2.05) is 0 Å². The lowest BCUT2D eigenvalue weighted by molar-refractivity contribution is 0.561. The van der Waals surface area contributed by atoms with Crippen LogP contribution in [0.1, 0.15) is 285 Å². The smallest absolute Gasteiger partial charge is 0.0286 e. The molecule has 0 saturated heterocycles. The van der Waals surface area contributed by atoms with Crippen molar-refractivity contribution in [3.8, 4) is 0 Å². The molecule has 0 radical (unpaired) electrons. The molecule has 0 fully saturated rings. The van der Waals surface area contributed by atoms with Crippen LogP contribution < -0.4 is 0 Å². The van der Waals surface area contributed by atoms with Gasteiger partial charge in [-0.2, -0.15) is 0 Å². The molecule has 0 N–H and O–H groups in total. The molecule has 0 unspecified atom stereocenters. The lowest BCUT2D eigenvalue weighted by Crippen LogP contribution is -2.04. The van der Waals surface area contributed by atoms with E-state index in [0.29, 0.717) is 0 Å². The third-order valence-electron chi connectivity index (χ3n) is 12.0. The fourth-order valence-electron chi connectivity index (χ4n) is 8.25. The zero-order valence-electron chi connectivity index (χ0n) is 37.4. The SMILES string of the molecule is CCCCCCCCCCCCP(CCCCCCCCCCCC)CCP(CCCCCCCCCCCC)CCCCCCCCCCCC. The zero-order valence-corrected chi connectivity index (χ0v) is 39.2. The van der Waals surface area contributed by atoms with Crippen molar-refractivity contribution in [2.45, 2.75) is 285 Å². The Hall–Kier alpha value is 0.860. The lowest BCUT2D eigenvalue weighted by atomic mass is 10.1. The minimum Gasteiger partial charge on any atom is -0.106 e. The van der Waals surface area contributed by atoms with Gasteiger partial charge in [-0.15, -0.1) is 15.8 Å². The molecule has 0 atom stereocenters. The first-order valence-corrected chi connectivity index (χ1v) is 29.0. The molecule has 0 spiro atoms. The summed E-state index contributed by atoms with van der Waals surface area (Å²) < 4.78 is 0. The molecule has 0 aromatic rings. The Bertz CT molecular complexity index is 505. The monoisotopic (exact) mass is 767 g/mol. The van der Waals surface area contributed by atoms with Crippen LogP contribution in [-0.4, -0.2) is 37.0 Å². The Morgan fingerprint density at radius 3 is 0.442 bits per heavy atom. The Kier molecular flexibility index (Phi) is 48.8. The van der Waals surface area contributed by atoms with Gasteiger partial charge in [-0.3, -0.25) is 0 Å². The zero-order chi connectivity index (χ0) is 37.7. The van der Waals surface area contributed by atoms with E-state index in [9.17, 15) is 0 Å². The van der Waals surface area contributed by atoms with E-state index in [1.54, 1.807) is 62.7 Å². The molecule has 0 bridgehead atoms. The summed E-state index contributed by atoms with van der Waals surface area (Å²) in [5, 5.41) is 0. The third-order valence-corrected chi connectivity index (χ3v) is 17.9. The summed E-state index contributed by atoms with van der Waals surface area (Å²) >= 11 is 0. The number of hydrogen-bond donors (Lipinski definition) is 0. The lowest BCUT2D eigenvalue weighted by Gasteiger charge is -2.23. The highest BCUT2D eigenvalue weighted by atomic mass is 31.1. The van der Waals surface area contributed by atoms with Gasteiger partial charge in [0, 0.05) is 0 Å². The molecule has 0 aromatic heterocycles. The standard InChI is InChI=1S/C50H104P2/c1-5-9-13-17-21-25-29-33-37-41-45-51(46-42-38-34-30-26-22-18-14-10-6-2)49-50-52(47-43-39-35-31-27-23-19-15-11-7-3)48-44-40-36-32-28-24-20-16-12-8-4/h5-50H2,1-4H3. The maximum absolute atomic E-state index is 2.34. The molecule has 0 aliphatic heterocycles. The van der Waals surface area contributed by atoms with Crippen LogP contribution >= 0.6 is 15.8 Å². The minimum atomic E-state index is 0.287. The fourth-order valence-corrected chi connectivity index (χ4v) is 14.5. The van der Waals surface area contributed by atoms with E-state index in [0.717, 1.165) is 0 Å². The van der Waals surface area contributed by atoms with Crippen molar-refractivity contribution in [3.63, 3.8) is 0 Å². The maximum atomic E-state index is 2.34. The van der Waals surface area contributed by atoms with Gasteiger partial charge in [0.15, 0.2) is 0 Å². The predicted molar refractivity (Wildman–Crippen MR) is 250 cm³/mol. The predicted octanol–water partition coefficient (Wildman–Crippen LogP) is 19.6. The highest BCUT2D eigenvalue weighted by Crippen LogP contribution is 2.45.